The van der Waals surface area contributed by atoms with E-state index in [0.717, 1.165) is 6.42 Å². The second-order valence-electron chi connectivity index (χ2n) is 3.22. The summed E-state index contributed by atoms with van der Waals surface area (Å²) in [6, 6.07) is 8.12. The number of nitrogens with one attached hydrogen (secondary N) is 1. The van der Waals surface area contributed by atoms with Crippen LogP contribution >= 0.6 is 0 Å². The van der Waals surface area contributed by atoms with Crippen LogP contribution in [-0.4, -0.2) is 18.8 Å². The van der Waals surface area contributed by atoms with E-state index in [9.17, 15) is 4.79 Å². The fourth-order valence-corrected chi connectivity index (χ4v) is 1.36. The molecule has 0 aliphatic heterocycles. The maximum atomic E-state index is 12.1. The van der Waals surface area contributed by atoms with Crippen LogP contribution in [0.4, 0.5) is 0 Å². The zero-order valence-electron chi connectivity index (χ0n) is 11.3. The van der Waals surface area contributed by atoms with Gasteiger partial charge >= 0.3 is 0 Å². The lowest BCUT2D eigenvalue weighted by Gasteiger charge is -2.13. The molecule has 1 aromatic carbocycles. The number of hydrogen-bond acceptors (Lipinski definition) is 2. The van der Waals surface area contributed by atoms with Crippen LogP contribution in [0.3, 0.4) is 0 Å². The smallest absolute Gasteiger partial charge is 0.179 e. The van der Waals surface area contributed by atoms with E-state index in [4.69, 9.17) is 4.11 Å². The van der Waals surface area contributed by atoms with Crippen LogP contribution in [0, 0.1) is 0 Å². The monoisotopic (exact) mass is 194 g/mol. The number of Topliss-reactive ketones (excluding diaryl/α,β-unsaturated/α-hetero) is 1. The number of hydrogen-bond donors (Lipinski definition) is 1. The predicted molar refractivity (Wildman–Crippen MR) is 58.5 cm³/mol. The minimum atomic E-state index is -2.29. The Hall–Kier alpha value is -1.15. The molecule has 0 amide bonds. The number of rotatable bonds is 5. The van der Waals surface area contributed by atoms with Gasteiger partial charge in [-0.15, -0.1) is 0 Å². The molecule has 2 heteroatoms. The molecule has 0 saturated heterocycles. The van der Waals surface area contributed by atoms with Crippen molar-refractivity contribution in [2.75, 3.05) is 6.98 Å². The predicted octanol–water partition coefficient (Wildman–Crippen LogP) is 2.26. The van der Waals surface area contributed by atoms with Crippen molar-refractivity contribution in [3.63, 3.8) is 0 Å². The molecule has 1 rings (SSSR count). The Labute approximate surface area is 89.5 Å². The Kier molecular flexibility index (Phi) is 2.85. The molecule has 0 aromatic heterocycles. The first-order valence-electron chi connectivity index (χ1n) is 6.31. The van der Waals surface area contributed by atoms with Gasteiger partial charge in [-0.1, -0.05) is 43.7 Å². The van der Waals surface area contributed by atoms with Gasteiger partial charge in [0.1, 0.15) is 0 Å². The van der Waals surface area contributed by atoms with Gasteiger partial charge in [0.2, 0.25) is 0 Å². The molecule has 1 N–H and O–H groups in total. The van der Waals surface area contributed by atoms with Gasteiger partial charge in [-0.2, -0.15) is 0 Å². The van der Waals surface area contributed by atoms with Gasteiger partial charge < -0.3 is 5.32 Å². The van der Waals surface area contributed by atoms with E-state index < -0.39 is 13.0 Å². The number of carbonyl (C=O) groups excluding carboxylic acids is 1. The zero-order chi connectivity index (χ0) is 12.9. The third-order valence-electron chi connectivity index (χ3n) is 2.13. The van der Waals surface area contributed by atoms with Gasteiger partial charge in [-0.3, -0.25) is 4.79 Å². The van der Waals surface area contributed by atoms with E-state index in [1.165, 1.54) is 0 Å². The fraction of sp³-hybridized carbons (Fsp3) is 0.417. The molecule has 0 aliphatic carbocycles. The van der Waals surface area contributed by atoms with E-state index in [1.54, 1.807) is 24.3 Å². The standard InChI is InChI=1S/C12H17NO/c1-3-7-11(13-2)12(14)10-8-5-4-6-9-10/h4-6,8-9,11,13H,3,7H2,1-2H3/i2D3. The fourth-order valence-electron chi connectivity index (χ4n) is 1.36. The highest BCUT2D eigenvalue weighted by atomic mass is 16.1. The molecule has 1 unspecified atom stereocenters. The molecule has 2 nitrogen and oxygen atoms in total. The average molecular weight is 194 g/mol. The Morgan fingerprint density at radius 3 is 2.79 bits per heavy atom. The van der Waals surface area contributed by atoms with Crippen LogP contribution in [-0.2, 0) is 0 Å². The van der Waals surface area contributed by atoms with E-state index >= 15 is 0 Å². The summed E-state index contributed by atoms with van der Waals surface area (Å²) in [5.41, 5.74) is 0.544. The lowest BCUT2D eigenvalue weighted by Crippen LogP contribution is -2.33. The van der Waals surface area contributed by atoms with Crippen molar-refractivity contribution in [2.45, 2.75) is 25.8 Å². The molecular weight excluding hydrogens is 174 g/mol. The van der Waals surface area contributed by atoms with Gasteiger partial charge in [0.05, 0.1) is 6.04 Å². The SMILES string of the molecule is [2H]C([2H])([2H])NC(CCC)C(=O)c1ccccc1. The van der Waals surface area contributed by atoms with Gasteiger partial charge in [0, 0.05) is 9.68 Å². The number of benzene rings is 1. The third-order valence-corrected chi connectivity index (χ3v) is 2.13. The van der Waals surface area contributed by atoms with Crippen molar-refractivity contribution in [2.24, 2.45) is 0 Å². The summed E-state index contributed by atoms with van der Waals surface area (Å²) in [5.74, 6) is -0.163. The first-order chi connectivity index (χ1) is 7.94. The Bertz CT molecular complexity index is 362. The Morgan fingerprint density at radius 1 is 1.50 bits per heavy atom. The molecule has 0 fully saturated rings. The average Bonchev–Trinajstić information content (AvgIpc) is 2.27. The summed E-state index contributed by atoms with van der Waals surface area (Å²) < 4.78 is 21.5. The Balaban J connectivity index is 2.81. The highest BCUT2D eigenvalue weighted by Gasteiger charge is 2.16. The molecule has 0 saturated carbocycles. The lowest BCUT2D eigenvalue weighted by molar-refractivity contribution is 0.0942. The van der Waals surface area contributed by atoms with Crippen molar-refractivity contribution in [3.8, 4) is 0 Å². The van der Waals surface area contributed by atoms with E-state index in [1.807, 2.05) is 13.0 Å². The number of likely N-dealkylation sites (N-methyl/N-ethyl adjacent to an activating group) is 1. The van der Waals surface area contributed by atoms with E-state index in [-0.39, 0.29) is 5.78 Å². The first-order valence-corrected chi connectivity index (χ1v) is 4.81. The highest BCUT2D eigenvalue weighted by Crippen LogP contribution is 2.07. The van der Waals surface area contributed by atoms with Crippen molar-refractivity contribution < 1.29 is 8.91 Å². The summed E-state index contributed by atoms with van der Waals surface area (Å²) >= 11 is 0. The zero-order valence-corrected chi connectivity index (χ0v) is 8.29. The molecule has 1 atom stereocenters. The first kappa shape index (κ1) is 7.18. The number of carbonyl (C=O) groups is 1. The van der Waals surface area contributed by atoms with Gasteiger partial charge in [0.15, 0.2) is 5.78 Å². The normalized spacial score (nSPS) is 16.5. The summed E-state index contributed by atoms with van der Waals surface area (Å²) in [6.45, 7) is -0.364. The topological polar surface area (TPSA) is 29.1 Å². The second kappa shape index (κ2) is 5.55. The highest BCUT2D eigenvalue weighted by molar-refractivity contribution is 6.00. The van der Waals surface area contributed by atoms with Crippen LogP contribution in [0.1, 0.15) is 34.2 Å². The van der Waals surface area contributed by atoms with Crippen LogP contribution in [0.2, 0.25) is 0 Å². The second-order valence-corrected chi connectivity index (χ2v) is 3.22. The maximum Gasteiger partial charge on any atom is 0.179 e. The van der Waals surface area contributed by atoms with Gasteiger partial charge in [-0.25, -0.2) is 0 Å². The maximum absolute atomic E-state index is 12.1. The van der Waals surface area contributed by atoms with Gasteiger partial charge in [-0.05, 0) is 13.4 Å². The summed E-state index contributed by atoms with van der Waals surface area (Å²) in [6.07, 6.45) is 1.28. The molecule has 1 aromatic rings. The summed E-state index contributed by atoms with van der Waals surface area (Å²) in [5, 5.41) is 2.41. The minimum absolute atomic E-state index is 0.163. The lowest BCUT2D eigenvalue weighted by atomic mass is 10.0. The van der Waals surface area contributed by atoms with Crippen LogP contribution < -0.4 is 5.32 Å². The Morgan fingerprint density at radius 2 is 2.21 bits per heavy atom. The van der Waals surface area contributed by atoms with Gasteiger partial charge in [0.25, 0.3) is 0 Å². The van der Waals surface area contributed by atoms with Crippen molar-refractivity contribution in [1.82, 2.24) is 5.32 Å². The van der Waals surface area contributed by atoms with E-state index in [0.29, 0.717) is 12.0 Å². The van der Waals surface area contributed by atoms with Crippen LogP contribution in [0.15, 0.2) is 30.3 Å². The quantitative estimate of drug-likeness (QED) is 0.728. The van der Waals surface area contributed by atoms with Crippen LogP contribution in [0.25, 0.3) is 0 Å². The molecule has 76 valence electrons. The van der Waals surface area contributed by atoms with Crippen molar-refractivity contribution in [3.05, 3.63) is 35.9 Å². The molecule has 14 heavy (non-hydrogen) atoms. The van der Waals surface area contributed by atoms with E-state index in [2.05, 4.69) is 5.32 Å². The molecule has 0 aliphatic rings. The summed E-state index contributed by atoms with van der Waals surface area (Å²) in [4.78, 5) is 12.1. The molecule has 0 bridgehead atoms. The third kappa shape index (κ3) is 2.67. The molecule has 0 radical (unpaired) electrons. The molecular formula is C12H17NO. The van der Waals surface area contributed by atoms with Crippen molar-refractivity contribution >= 4 is 5.78 Å². The van der Waals surface area contributed by atoms with Crippen LogP contribution in [0.5, 0.6) is 0 Å². The van der Waals surface area contributed by atoms with Crippen molar-refractivity contribution in [1.29, 1.82) is 0 Å². The molecule has 0 heterocycles. The minimum Gasteiger partial charge on any atom is -0.310 e. The molecule has 0 spiro atoms. The summed E-state index contributed by atoms with van der Waals surface area (Å²) in [7, 11) is 0. The number of ketones is 1. The largest absolute Gasteiger partial charge is 0.310 e.